The highest BCUT2D eigenvalue weighted by Gasteiger charge is 2.23. The summed E-state index contributed by atoms with van der Waals surface area (Å²) in [5, 5.41) is 2.72. The molecule has 0 spiro atoms. The van der Waals surface area contributed by atoms with Gasteiger partial charge in [-0.05, 0) is 77.6 Å². The number of nitrogens with zero attached hydrogens (tertiary/aromatic N) is 1. The number of hydrogen-bond donors (Lipinski definition) is 1. The van der Waals surface area contributed by atoms with Crippen molar-refractivity contribution in [1.82, 2.24) is 10.2 Å². The molecule has 0 aliphatic carbocycles. The second-order valence-electron chi connectivity index (χ2n) is 6.82. The second kappa shape index (κ2) is 9.30. The van der Waals surface area contributed by atoms with Crippen LogP contribution in [0, 0.1) is 15.3 Å². The summed E-state index contributed by atoms with van der Waals surface area (Å²) in [6, 6.07) is 14.0. The van der Waals surface area contributed by atoms with Crippen LogP contribution in [0.15, 0.2) is 48.5 Å². The topological polar surface area (TPSA) is 49.4 Å². The largest absolute Gasteiger partial charge is 0.343 e. The third-order valence-corrected chi connectivity index (χ3v) is 5.84. The van der Waals surface area contributed by atoms with Crippen LogP contribution in [0.5, 0.6) is 0 Å². The maximum Gasteiger partial charge on any atom is 0.252 e. The summed E-state index contributed by atoms with van der Waals surface area (Å²) in [5.74, 6) is -0.0342. The van der Waals surface area contributed by atoms with E-state index < -0.39 is 0 Å². The molecule has 0 aromatic heterocycles. The first-order valence-corrected chi connectivity index (χ1v) is 10.2. The van der Waals surface area contributed by atoms with E-state index >= 15 is 0 Å². The molecule has 0 radical (unpaired) electrons. The zero-order valence-electron chi connectivity index (χ0n) is 15.0. The Balaban J connectivity index is 1.44. The molecule has 142 valence electrons. The summed E-state index contributed by atoms with van der Waals surface area (Å²) in [6.45, 7) is 1.37. The minimum atomic E-state index is -0.227. The molecule has 0 saturated carbocycles. The van der Waals surface area contributed by atoms with Crippen LogP contribution >= 0.6 is 22.6 Å². The highest BCUT2D eigenvalue weighted by molar-refractivity contribution is 14.1. The number of halogens is 2. The van der Waals surface area contributed by atoms with Gasteiger partial charge in [-0.2, -0.15) is 0 Å². The van der Waals surface area contributed by atoms with Crippen LogP contribution in [0.1, 0.15) is 28.8 Å². The number of carbonyl (C=O) groups is 2. The van der Waals surface area contributed by atoms with Crippen molar-refractivity contribution in [1.29, 1.82) is 0 Å². The molecule has 0 unspecified atom stereocenters. The molecule has 1 heterocycles. The Bertz CT molecular complexity index is 819. The van der Waals surface area contributed by atoms with Crippen LogP contribution in [0.3, 0.4) is 0 Å². The van der Waals surface area contributed by atoms with E-state index in [0.29, 0.717) is 24.6 Å². The van der Waals surface area contributed by atoms with Crippen LogP contribution in [0.25, 0.3) is 0 Å². The molecule has 0 atom stereocenters. The lowest BCUT2D eigenvalue weighted by Gasteiger charge is -2.32. The Morgan fingerprint density at radius 1 is 1.11 bits per heavy atom. The van der Waals surface area contributed by atoms with Crippen LogP contribution in [-0.2, 0) is 11.2 Å². The first kappa shape index (κ1) is 19.8. The minimum absolute atomic E-state index is 0.0123. The smallest absolute Gasteiger partial charge is 0.252 e. The number of benzene rings is 2. The van der Waals surface area contributed by atoms with Gasteiger partial charge in [-0.1, -0.05) is 24.3 Å². The van der Waals surface area contributed by atoms with E-state index in [4.69, 9.17) is 0 Å². The van der Waals surface area contributed by atoms with Gasteiger partial charge in [0.2, 0.25) is 5.91 Å². The van der Waals surface area contributed by atoms with E-state index in [0.717, 1.165) is 28.4 Å². The number of rotatable bonds is 5. The molecule has 3 rings (SSSR count). The van der Waals surface area contributed by atoms with Gasteiger partial charge >= 0.3 is 0 Å². The monoisotopic (exact) mass is 480 g/mol. The van der Waals surface area contributed by atoms with E-state index in [1.165, 1.54) is 6.07 Å². The molecule has 2 aromatic rings. The summed E-state index contributed by atoms with van der Waals surface area (Å²) in [5.41, 5.74) is 1.59. The highest BCUT2D eigenvalue weighted by Crippen LogP contribution is 2.22. The van der Waals surface area contributed by atoms with Gasteiger partial charge in [0, 0.05) is 16.7 Å². The van der Waals surface area contributed by atoms with Gasteiger partial charge in [0.15, 0.2) is 0 Å². The molecule has 6 heteroatoms. The van der Waals surface area contributed by atoms with E-state index in [2.05, 4.69) is 27.9 Å². The van der Waals surface area contributed by atoms with E-state index in [1.807, 2.05) is 24.3 Å². The fraction of sp³-hybridized carbons (Fsp3) is 0.333. The van der Waals surface area contributed by atoms with Crippen molar-refractivity contribution < 1.29 is 14.0 Å². The summed E-state index contributed by atoms with van der Waals surface area (Å²) in [4.78, 5) is 26.4. The Kier molecular flexibility index (Phi) is 6.82. The molecule has 1 aliphatic rings. The Labute approximate surface area is 172 Å². The predicted octanol–water partition coefficient (Wildman–Crippen LogP) is 3.64. The third-order valence-electron chi connectivity index (χ3n) is 4.90. The van der Waals surface area contributed by atoms with Crippen molar-refractivity contribution in [3.05, 3.63) is 69.0 Å². The summed E-state index contributed by atoms with van der Waals surface area (Å²) in [6.07, 6.45) is 2.63. The predicted molar refractivity (Wildman–Crippen MR) is 111 cm³/mol. The Hall–Kier alpha value is -1.96. The lowest BCUT2D eigenvalue weighted by atomic mass is 9.90. The van der Waals surface area contributed by atoms with Gasteiger partial charge in [0.05, 0.1) is 12.1 Å². The van der Waals surface area contributed by atoms with Crippen LogP contribution in [0.4, 0.5) is 4.39 Å². The fourth-order valence-corrected chi connectivity index (χ4v) is 4.02. The quantitative estimate of drug-likeness (QED) is 0.665. The van der Waals surface area contributed by atoms with Gasteiger partial charge in [-0.25, -0.2) is 4.39 Å². The average Bonchev–Trinajstić information content (AvgIpc) is 2.67. The Morgan fingerprint density at radius 3 is 2.56 bits per heavy atom. The van der Waals surface area contributed by atoms with Crippen molar-refractivity contribution in [2.24, 2.45) is 5.92 Å². The molecular formula is C21H22FIN2O2. The van der Waals surface area contributed by atoms with Crippen molar-refractivity contribution in [2.75, 3.05) is 19.6 Å². The standard InChI is InChI=1S/C21H22FIN2O2/c22-17-5-3-4-16(13-17)12-15-8-10-25(11-9-15)20(26)14-24-21(27)18-6-1-2-7-19(18)23/h1-7,13,15H,8-12,14H2,(H,24,27). The van der Waals surface area contributed by atoms with Crippen molar-refractivity contribution in [3.8, 4) is 0 Å². The SMILES string of the molecule is O=C(NCC(=O)N1CCC(Cc2cccc(F)c2)CC1)c1ccccc1I. The number of amides is 2. The molecule has 27 heavy (non-hydrogen) atoms. The summed E-state index contributed by atoms with van der Waals surface area (Å²) >= 11 is 2.11. The second-order valence-corrected chi connectivity index (χ2v) is 7.98. The number of carbonyl (C=O) groups excluding carboxylic acids is 2. The minimum Gasteiger partial charge on any atom is -0.343 e. The first-order chi connectivity index (χ1) is 13.0. The lowest BCUT2D eigenvalue weighted by molar-refractivity contribution is -0.131. The molecule has 2 amide bonds. The van der Waals surface area contributed by atoms with Gasteiger partial charge < -0.3 is 10.2 Å². The number of likely N-dealkylation sites (tertiary alicyclic amines) is 1. The number of piperidine rings is 1. The van der Waals surface area contributed by atoms with Gasteiger partial charge in [0.25, 0.3) is 5.91 Å². The molecule has 4 nitrogen and oxygen atoms in total. The molecule has 1 fully saturated rings. The van der Waals surface area contributed by atoms with Crippen molar-refractivity contribution in [3.63, 3.8) is 0 Å². The van der Waals surface area contributed by atoms with Crippen LogP contribution in [0.2, 0.25) is 0 Å². The van der Waals surface area contributed by atoms with Gasteiger partial charge in [-0.15, -0.1) is 0 Å². The molecule has 1 aliphatic heterocycles. The maximum absolute atomic E-state index is 13.3. The van der Waals surface area contributed by atoms with E-state index in [9.17, 15) is 14.0 Å². The molecular weight excluding hydrogens is 458 g/mol. The number of hydrogen-bond acceptors (Lipinski definition) is 2. The third kappa shape index (κ3) is 5.51. The average molecular weight is 480 g/mol. The van der Waals surface area contributed by atoms with E-state index in [-0.39, 0.29) is 24.2 Å². The van der Waals surface area contributed by atoms with Gasteiger partial charge in [-0.3, -0.25) is 9.59 Å². The molecule has 1 saturated heterocycles. The van der Waals surface area contributed by atoms with Gasteiger partial charge in [0.1, 0.15) is 5.82 Å². The van der Waals surface area contributed by atoms with Crippen molar-refractivity contribution >= 4 is 34.4 Å². The fourth-order valence-electron chi connectivity index (χ4n) is 3.39. The van der Waals surface area contributed by atoms with Crippen molar-refractivity contribution in [2.45, 2.75) is 19.3 Å². The zero-order chi connectivity index (χ0) is 19.2. The van der Waals surface area contributed by atoms with Crippen LogP contribution in [-0.4, -0.2) is 36.3 Å². The maximum atomic E-state index is 13.3. The lowest BCUT2D eigenvalue weighted by Crippen LogP contribution is -2.44. The number of nitrogens with one attached hydrogen (secondary N) is 1. The highest BCUT2D eigenvalue weighted by atomic mass is 127. The molecule has 2 aromatic carbocycles. The molecule has 0 bridgehead atoms. The first-order valence-electron chi connectivity index (χ1n) is 9.08. The van der Waals surface area contributed by atoms with Crippen LogP contribution < -0.4 is 5.32 Å². The normalized spacial score (nSPS) is 14.8. The summed E-state index contributed by atoms with van der Waals surface area (Å²) in [7, 11) is 0. The van der Waals surface area contributed by atoms with E-state index in [1.54, 1.807) is 23.1 Å². The summed E-state index contributed by atoms with van der Waals surface area (Å²) < 4.78 is 14.2. The molecule has 1 N–H and O–H groups in total. The zero-order valence-corrected chi connectivity index (χ0v) is 17.1. The Morgan fingerprint density at radius 2 is 1.85 bits per heavy atom.